The van der Waals surface area contributed by atoms with Gasteiger partial charge in [0, 0.05) is 18.0 Å². The molecule has 1 atom stereocenters. The van der Waals surface area contributed by atoms with Crippen LogP contribution in [0.5, 0.6) is 0 Å². The molecule has 1 unspecified atom stereocenters. The third-order valence-electron chi connectivity index (χ3n) is 5.36. The van der Waals surface area contributed by atoms with E-state index in [0.717, 1.165) is 23.9 Å². The molecule has 0 saturated carbocycles. The van der Waals surface area contributed by atoms with Gasteiger partial charge in [-0.25, -0.2) is 4.99 Å². The minimum Gasteiger partial charge on any atom is -0.383 e. The van der Waals surface area contributed by atoms with E-state index in [9.17, 15) is 5.11 Å². The Morgan fingerprint density at radius 2 is 1.83 bits per heavy atom. The van der Waals surface area contributed by atoms with Crippen molar-refractivity contribution in [1.29, 1.82) is 0 Å². The summed E-state index contributed by atoms with van der Waals surface area (Å²) >= 11 is 1.57. The quantitative estimate of drug-likeness (QED) is 0.264. The number of guanidine groups is 1. The molecular formula is C23H35IN4OS. The standard InChI is InChI=1S/C23H34N4OS.HI/c1-3-24-22(26-18-23(2,28)21-12-9-15-29-21)25-16-19-10-5-6-11-20(19)17-27-13-7-4-8-14-27;/h5-6,9-12,15,28H,3-4,7-8,13-14,16-18H2,1-2H3,(H2,24,25,26);1H. The van der Waals surface area contributed by atoms with Gasteiger partial charge in [-0.15, -0.1) is 35.3 Å². The van der Waals surface area contributed by atoms with Crippen LogP contribution in [0, 0.1) is 0 Å². The first-order chi connectivity index (χ1) is 14.1. The van der Waals surface area contributed by atoms with Gasteiger partial charge >= 0.3 is 0 Å². The third kappa shape index (κ3) is 7.51. The molecule has 3 N–H and O–H groups in total. The van der Waals surface area contributed by atoms with E-state index < -0.39 is 5.60 Å². The summed E-state index contributed by atoms with van der Waals surface area (Å²) in [7, 11) is 0. The smallest absolute Gasteiger partial charge is 0.191 e. The van der Waals surface area contributed by atoms with Crippen LogP contribution in [0.3, 0.4) is 0 Å². The normalized spacial score (nSPS) is 17.1. The molecule has 0 spiro atoms. The molecule has 5 nitrogen and oxygen atoms in total. The van der Waals surface area contributed by atoms with Crippen molar-refractivity contribution in [1.82, 2.24) is 15.5 Å². The lowest BCUT2D eigenvalue weighted by molar-refractivity contribution is 0.0655. The predicted molar refractivity (Wildman–Crippen MR) is 138 cm³/mol. The molecule has 1 fully saturated rings. The molecule has 0 aliphatic carbocycles. The summed E-state index contributed by atoms with van der Waals surface area (Å²) in [5.41, 5.74) is 1.70. The van der Waals surface area contributed by atoms with E-state index in [1.807, 2.05) is 24.4 Å². The molecule has 30 heavy (non-hydrogen) atoms. The number of aliphatic imine (C=N–C) groups is 1. The Balaban J connectivity index is 0.00000320. The van der Waals surface area contributed by atoms with Crippen molar-refractivity contribution in [2.24, 2.45) is 4.99 Å². The number of hydrogen-bond donors (Lipinski definition) is 3. The highest BCUT2D eigenvalue weighted by molar-refractivity contribution is 14.0. The van der Waals surface area contributed by atoms with E-state index in [4.69, 9.17) is 4.99 Å². The predicted octanol–water partition coefficient (Wildman–Crippen LogP) is 4.31. The van der Waals surface area contributed by atoms with Gasteiger partial charge in [0.15, 0.2) is 5.96 Å². The summed E-state index contributed by atoms with van der Waals surface area (Å²) in [4.78, 5) is 8.29. The molecule has 0 radical (unpaired) electrons. The SMILES string of the molecule is CCNC(=NCc1ccccc1CN1CCCCC1)NCC(C)(O)c1cccs1.I. The number of benzene rings is 1. The average Bonchev–Trinajstić information content (AvgIpc) is 3.28. The number of likely N-dealkylation sites (tertiary alicyclic amines) is 1. The van der Waals surface area contributed by atoms with Crippen LogP contribution in [0.2, 0.25) is 0 Å². The Labute approximate surface area is 202 Å². The fourth-order valence-corrected chi connectivity index (χ4v) is 4.45. The van der Waals surface area contributed by atoms with Crippen LogP contribution in [0.1, 0.15) is 49.1 Å². The van der Waals surface area contributed by atoms with Crippen molar-refractivity contribution < 1.29 is 5.11 Å². The number of hydrogen-bond acceptors (Lipinski definition) is 4. The number of rotatable bonds is 8. The average molecular weight is 543 g/mol. The van der Waals surface area contributed by atoms with Crippen molar-refractivity contribution in [3.8, 4) is 0 Å². The van der Waals surface area contributed by atoms with Gasteiger partial charge in [0.1, 0.15) is 5.60 Å². The van der Waals surface area contributed by atoms with E-state index in [0.29, 0.717) is 13.1 Å². The van der Waals surface area contributed by atoms with Crippen LogP contribution in [0.25, 0.3) is 0 Å². The molecule has 2 heterocycles. The van der Waals surface area contributed by atoms with Crippen LogP contribution < -0.4 is 10.6 Å². The largest absolute Gasteiger partial charge is 0.383 e. The maximum atomic E-state index is 10.8. The minimum absolute atomic E-state index is 0. The molecule has 1 aromatic heterocycles. The number of aliphatic hydroxyl groups is 1. The highest BCUT2D eigenvalue weighted by atomic mass is 127. The maximum Gasteiger partial charge on any atom is 0.191 e. The van der Waals surface area contributed by atoms with E-state index in [2.05, 4.69) is 46.7 Å². The molecule has 2 aromatic rings. The first-order valence-electron chi connectivity index (χ1n) is 10.7. The van der Waals surface area contributed by atoms with Gasteiger partial charge in [-0.3, -0.25) is 4.90 Å². The molecule has 0 amide bonds. The van der Waals surface area contributed by atoms with Crippen molar-refractivity contribution in [3.05, 3.63) is 57.8 Å². The van der Waals surface area contributed by atoms with E-state index >= 15 is 0 Å². The summed E-state index contributed by atoms with van der Waals surface area (Å²) in [6.07, 6.45) is 3.97. The highest BCUT2D eigenvalue weighted by Crippen LogP contribution is 2.24. The third-order valence-corrected chi connectivity index (χ3v) is 6.49. The van der Waals surface area contributed by atoms with Gasteiger partial charge < -0.3 is 15.7 Å². The summed E-state index contributed by atoms with van der Waals surface area (Å²) < 4.78 is 0. The van der Waals surface area contributed by atoms with Crippen molar-refractivity contribution in [2.45, 2.75) is 51.8 Å². The van der Waals surface area contributed by atoms with Gasteiger partial charge in [0.2, 0.25) is 0 Å². The van der Waals surface area contributed by atoms with Crippen molar-refractivity contribution >= 4 is 41.3 Å². The number of thiophene rings is 1. The summed E-state index contributed by atoms with van der Waals surface area (Å²) in [5.74, 6) is 0.733. The Morgan fingerprint density at radius 3 is 2.50 bits per heavy atom. The molecule has 1 saturated heterocycles. The van der Waals surface area contributed by atoms with Crippen LogP contribution in [0.15, 0.2) is 46.8 Å². The van der Waals surface area contributed by atoms with Gasteiger partial charge in [-0.1, -0.05) is 36.8 Å². The first-order valence-corrected chi connectivity index (χ1v) is 11.5. The second-order valence-corrected chi connectivity index (χ2v) is 8.85. The Hall–Kier alpha value is -1.16. The summed E-state index contributed by atoms with van der Waals surface area (Å²) in [6.45, 7) is 9.10. The number of nitrogens with zero attached hydrogens (tertiary/aromatic N) is 2. The Morgan fingerprint density at radius 1 is 1.10 bits per heavy atom. The van der Waals surface area contributed by atoms with Crippen LogP contribution >= 0.6 is 35.3 Å². The van der Waals surface area contributed by atoms with Crippen LogP contribution in [-0.2, 0) is 18.7 Å². The van der Waals surface area contributed by atoms with Crippen LogP contribution in [0.4, 0.5) is 0 Å². The molecule has 0 bridgehead atoms. The molecule has 1 aliphatic heterocycles. The van der Waals surface area contributed by atoms with E-state index in [1.165, 1.54) is 43.5 Å². The number of piperidine rings is 1. The van der Waals surface area contributed by atoms with Crippen molar-refractivity contribution in [2.75, 3.05) is 26.2 Å². The summed E-state index contributed by atoms with van der Waals surface area (Å²) in [6, 6.07) is 12.5. The second-order valence-electron chi connectivity index (χ2n) is 7.91. The molecular weight excluding hydrogens is 507 g/mol. The lowest BCUT2D eigenvalue weighted by Crippen LogP contribution is -2.44. The Kier molecular flexibility index (Phi) is 10.6. The molecule has 1 aromatic carbocycles. The van der Waals surface area contributed by atoms with Gasteiger partial charge in [0.25, 0.3) is 0 Å². The monoisotopic (exact) mass is 542 g/mol. The van der Waals surface area contributed by atoms with Crippen molar-refractivity contribution in [3.63, 3.8) is 0 Å². The second kappa shape index (κ2) is 12.6. The number of halogens is 1. The molecule has 1 aliphatic rings. The topological polar surface area (TPSA) is 59.9 Å². The first kappa shape index (κ1) is 25.1. The molecule has 166 valence electrons. The van der Waals surface area contributed by atoms with Crippen LogP contribution in [-0.4, -0.2) is 42.1 Å². The number of nitrogens with one attached hydrogen (secondary N) is 2. The Bertz CT molecular complexity index is 773. The molecule has 3 rings (SSSR count). The minimum atomic E-state index is -0.920. The zero-order chi connectivity index (χ0) is 20.5. The highest BCUT2D eigenvalue weighted by Gasteiger charge is 2.24. The van der Waals surface area contributed by atoms with Gasteiger partial charge in [-0.05, 0) is 62.4 Å². The van der Waals surface area contributed by atoms with Gasteiger partial charge in [0.05, 0.1) is 13.1 Å². The maximum absolute atomic E-state index is 10.8. The lowest BCUT2D eigenvalue weighted by atomic mass is 10.0. The zero-order valence-electron chi connectivity index (χ0n) is 18.1. The lowest BCUT2D eigenvalue weighted by Gasteiger charge is -2.27. The van der Waals surface area contributed by atoms with E-state index in [1.54, 1.807) is 11.3 Å². The van der Waals surface area contributed by atoms with E-state index in [-0.39, 0.29) is 24.0 Å². The van der Waals surface area contributed by atoms with Gasteiger partial charge in [-0.2, -0.15) is 0 Å². The fraction of sp³-hybridized carbons (Fsp3) is 0.522. The zero-order valence-corrected chi connectivity index (χ0v) is 21.2. The summed E-state index contributed by atoms with van der Waals surface area (Å²) in [5, 5.41) is 19.3. The molecule has 7 heteroatoms. The fourth-order valence-electron chi connectivity index (χ4n) is 3.66.